The highest BCUT2D eigenvalue weighted by Gasteiger charge is 2.32. The quantitative estimate of drug-likeness (QED) is 0.830. The van der Waals surface area contributed by atoms with Gasteiger partial charge in [0.25, 0.3) is 0 Å². The van der Waals surface area contributed by atoms with Gasteiger partial charge >= 0.3 is 0 Å². The second-order valence-corrected chi connectivity index (χ2v) is 8.83. The lowest BCUT2D eigenvalue weighted by atomic mass is 9.84. The van der Waals surface area contributed by atoms with Crippen LogP contribution in [0, 0.1) is 5.92 Å². The first kappa shape index (κ1) is 15.7. The van der Waals surface area contributed by atoms with Gasteiger partial charge in [-0.1, -0.05) is 34.5 Å². The van der Waals surface area contributed by atoms with E-state index in [1.165, 1.54) is 6.26 Å². The van der Waals surface area contributed by atoms with Crippen molar-refractivity contribution in [3.63, 3.8) is 0 Å². The van der Waals surface area contributed by atoms with E-state index < -0.39 is 9.84 Å². The zero-order chi connectivity index (χ0) is 14.8. The topological polar surface area (TPSA) is 51.2 Å². The van der Waals surface area contributed by atoms with Gasteiger partial charge in [0.1, 0.15) is 15.6 Å². The molecule has 2 rings (SSSR count). The zero-order valence-corrected chi connectivity index (χ0v) is 13.9. The lowest BCUT2D eigenvalue weighted by molar-refractivity contribution is -0.123. The smallest absolute Gasteiger partial charge is 0.150 e. The minimum Gasteiger partial charge on any atom is -0.299 e. The maximum atomic E-state index is 12.3. The molecule has 0 N–H and O–H groups in total. The number of carbonyl (C=O) groups is 1. The average molecular weight is 359 g/mol. The molecule has 0 aromatic heterocycles. The fourth-order valence-electron chi connectivity index (χ4n) is 2.77. The van der Waals surface area contributed by atoms with Crippen LogP contribution in [0.25, 0.3) is 0 Å². The van der Waals surface area contributed by atoms with Gasteiger partial charge in [-0.25, -0.2) is 8.42 Å². The van der Waals surface area contributed by atoms with Crippen LogP contribution < -0.4 is 0 Å². The maximum absolute atomic E-state index is 12.3. The number of halogens is 1. The molecule has 1 aromatic rings. The molecule has 1 aliphatic rings. The van der Waals surface area contributed by atoms with E-state index in [-0.39, 0.29) is 17.0 Å². The third-order valence-corrected chi connectivity index (χ3v) is 6.15. The molecule has 1 fully saturated rings. The number of ketones is 1. The Bertz CT molecular complexity index is 578. The molecular formula is C15H19BrO3S. The number of rotatable bonds is 4. The number of hydrogen-bond acceptors (Lipinski definition) is 3. The normalized spacial score (nSPS) is 23.5. The molecule has 1 saturated carbocycles. The SMILES string of the molecule is CS(=O)(=O)C1CCCC(C(=O)Cc2ccc(Br)cc2)C1. The van der Waals surface area contributed by atoms with E-state index >= 15 is 0 Å². The van der Waals surface area contributed by atoms with Crippen molar-refractivity contribution in [2.45, 2.75) is 37.4 Å². The highest BCUT2D eigenvalue weighted by Crippen LogP contribution is 2.30. The van der Waals surface area contributed by atoms with E-state index in [9.17, 15) is 13.2 Å². The van der Waals surface area contributed by atoms with Crippen molar-refractivity contribution in [2.24, 2.45) is 5.92 Å². The molecule has 0 spiro atoms. The molecule has 0 heterocycles. The van der Waals surface area contributed by atoms with Crippen LogP contribution in [0.5, 0.6) is 0 Å². The predicted molar refractivity (Wildman–Crippen MR) is 83.4 cm³/mol. The lowest BCUT2D eigenvalue weighted by Gasteiger charge is -2.27. The molecule has 1 aliphatic carbocycles. The van der Waals surface area contributed by atoms with Crippen molar-refractivity contribution in [3.8, 4) is 0 Å². The van der Waals surface area contributed by atoms with Crippen LogP contribution in [0.1, 0.15) is 31.2 Å². The van der Waals surface area contributed by atoms with Crippen LogP contribution >= 0.6 is 15.9 Å². The van der Waals surface area contributed by atoms with E-state index in [0.717, 1.165) is 22.9 Å². The van der Waals surface area contributed by atoms with E-state index in [0.29, 0.717) is 19.3 Å². The van der Waals surface area contributed by atoms with Crippen LogP contribution in [-0.4, -0.2) is 25.7 Å². The molecule has 5 heteroatoms. The summed E-state index contributed by atoms with van der Waals surface area (Å²) >= 11 is 3.37. The lowest BCUT2D eigenvalue weighted by Crippen LogP contribution is -2.31. The predicted octanol–water partition coefficient (Wildman–Crippen LogP) is 3.16. The van der Waals surface area contributed by atoms with Gasteiger partial charge in [0, 0.05) is 23.1 Å². The Morgan fingerprint density at radius 1 is 1.25 bits per heavy atom. The number of benzene rings is 1. The fraction of sp³-hybridized carbons (Fsp3) is 0.533. The van der Waals surface area contributed by atoms with Crippen LogP contribution in [0.15, 0.2) is 28.7 Å². The Hall–Kier alpha value is -0.680. The summed E-state index contributed by atoms with van der Waals surface area (Å²) < 4.78 is 24.3. The Morgan fingerprint density at radius 3 is 2.50 bits per heavy atom. The second-order valence-electron chi connectivity index (χ2n) is 5.58. The monoisotopic (exact) mass is 358 g/mol. The standard InChI is InChI=1S/C15H19BrO3S/c1-20(18,19)14-4-2-3-12(10-14)15(17)9-11-5-7-13(16)8-6-11/h5-8,12,14H,2-4,9-10H2,1H3. The molecule has 3 nitrogen and oxygen atoms in total. The number of carbonyl (C=O) groups excluding carboxylic acids is 1. The molecule has 110 valence electrons. The van der Waals surface area contributed by atoms with Gasteiger partial charge < -0.3 is 0 Å². The van der Waals surface area contributed by atoms with Crippen molar-refractivity contribution < 1.29 is 13.2 Å². The highest BCUT2D eigenvalue weighted by atomic mass is 79.9. The Labute approximate surface area is 128 Å². The Balaban J connectivity index is 2.00. The summed E-state index contributed by atoms with van der Waals surface area (Å²) in [7, 11) is -3.03. The first-order valence-corrected chi connectivity index (χ1v) is 9.57. The van der Waals surface area contributed by atoms with E-state index in [2.05, 4.69) is 15.9 Å². The van der Waals surface area contributed by atoms with Crippen LogP contribution in [-0.2, 0) is 21.1 Å². The van der Waals surface area contributed by atoms with Crippen LogP contribution in [0.4, 0.5) is 0 Å². The summed E-state index contributed by atoms with van der Waals surface area (Å²) in [6.45, 7) is 0. The maximum Gasteiger partial charge on any atom is 0.150 e. The molecule has 0 saturated heterocycles. The summed E-state index contributed by atoms with van der Waals surface area (Å²) in [6.07, 6.45) is 4.51. The summed E-state index contributed by atoms with van der Waals surface area (Å²) in [4.78, 5) is 12.3. The van der Waals surface area contributed by atoms with Crippen molar-refractivity contribution in [3.05, 3.63) is 34.3 Å². The molecule has 2 atom stereocenters. The summed E-state index contributed by atoms with van der Waals surface area (Å²) in [5.41, 5.74) is 0.986. The number of Topliss-reactive ketones (excluding diaryl/α,β-unsaturated/α-hetero) is 1. The summed E-state index contributed by atoms with van der Waals surface area (Å²) in [5.74, 6) is 0.0628. The summed E-state index contributed by atoms with van der Waals surface area (Å²) in [5, 5.41) is -0.338. The number of hydrogen-bond donors (Lipinski definition) is 0. The molecule has 0 bridgehead atoms. The first-order chi connectivity index (χ1) is 9.36. The zero-order valence-electron chi connectivity index (χ0n) is 11.5. The van der Waals surface area contributed by atoms with Gasteiger partial charge in [-0.2, -0.15) is 0 Å². The van der Waals surface area contributed by atoms with Gasteiger partial charge in [-0.15, -0.1) is 0 Å². The molecule has 2 unspecified atom stereocenters. The van der Waals surface area contributed by atoms with Gasteiger partial charge in [0.2, 0.25) is 0 Å². The van der Waals surface area contributed by atoms with Crippen LogP contribution in [0.3, 0.4) is 0 Å². The van der Waals surface area contributed by atoms with Gasteiger partial charge in [-0.3, -0.25) is 4.79 Å². The van der Waals surface area contributed by atoms with Crippen molar-refractivity contribution in [1.29, 1.82) is 0 Å². The van der Waals surface area contributed by atoms with Crippen molar-refractivity contribution >= 4 is 31.6 Å². The Morgan fingerprint density at radius 2 is 1.90 bits per heavy atom. The first-order valence-electron chi connectivity index (χ1n) is 6.82. The minimum atomic E-state index is -3.03. The average Bonchev–Trinajstić information content (AvgIpc) is 2.40. The van der Waals surface area contributed by atoms with E-state index in [1.807, 2.05) is 24.3 Å². The highest BCUT2D eigenvalue weighted by molar-refractivity contribution is 9.10. The van der Waals surface area contributed by atoms with Gasteiger partial charge in [-0.05, 0) is 37.0 Å². The molecule has 0 amide bonds. The van der Waals surface area contributed by atoms with Crippen molar-refractivity contribution in [1.82, 2.24) is 0 Å². The van der Waals surface area contributed by atoms with Gasteiger partial charge in [0.15, 0.2) is 0 Å². The van der Waals surface area contributed by atoms with Crippen molar-refractivity contribution in [2.75, 3.05) is 6.26 Å². The third-order valence-electron chi connectivity index (χ3n) is 3.98. The Kier molecular flexibility index (Phi) is 5.02. The summed E-state index contributed by atoms with van der Waals surface area (Å²) in [6, 6.07) is 7.70. The minimum absolute atomic E-state index is 0.105. The largest absolute Gasteiger partial charge is 0.299 e. The third kappa shape index (κ3) is 4.16. The van der Waals surface area contributed by atoms with E-state index in [1.54, 1.807) is 0 Å². The molecular weight excluding hydrogens is 340 g/mol. The molecule has 20 heavy (non-hydrogen) atoms. The second kappa shape index (κ2) is 6.39. The molecule has 1 aromatic carbocycles. The fourth-order valence-corrected chi connectivity index (χ4v) is 4.22. The number of sulfone groups is 1. The van der Waals surface area contributed by atoms with Crippen LogP contribution in [0.2, 0.25) is 0 Å². The molecule has 0 radical (unpaired) electrons. The van der Waals surface area contributed by atoms with Gasteiger partial charge in [0.05, 0.1) is 5.25 Å². The molecule has 0 aliphatic heterocycles. The van der Waals surface area contributed by atoms with E-state index in [4.69, 9.17) is 0 Å².